The summed E-state index contributed by atoms with van der Waals surface area (Å²) in [5.41, 5.74) is 1.93. The molecule has 0 saturated carbocycles. The minimum absolute atomic E-state index is 0.173. The number of hydrogen-bond donors (Lipinski definition) is 1. The van der Waals surface area contributed by atoms with Crippen LogP contribution in [0.1, 0.15) is 45.1 Å². The molecule has 1 unspecified atom stereocenters. The Hall–Kier alpha value is -2.56. The summed E-state index contributed by atoms with van der Waals surface area (Å²) in [6.45, 7) is 8.00. The summed E-state index contributed by atoms with van der Waals surface area (Å²) < 4.78 is 5.86. The van der Waals surface area contributed by atoms with Crippen LogP contribution in [-0.4, -0.2) is 30.1 Å². The smallest absolute Gasteiger partial charge is 0.265 e. The zero-order chi connectivity index (χ0) is 18.5. The number of anilines is 2. The predicted octanol–water partition coefficient (Wildman–Crippen LogP) is 4.21. The van der Waals surface area contributed by atoms with Gasteiger partial charge in [-0.05, 0) is 55.5 Å². The van der Waals surface area contributed by atoms with E-state index in [9.17, 15) is 4.79 Å². The number of amides is 1. The van der Waals surface area contributed by atoms with Gasteiger partial charge in [-0.3, -0.25) is 4.79 Å². The van der Waals surface area contributed by atoms with Crippen molar-refractivity contribution in [1.82, 2.24) is 4.98 Å². The molecule has 2 heterocycles. The van der Waals surface area contributed by atoms with Crippen LogP contribution in [0.25, 0.3) is 0 Å². The maximum absolute atomic E-state index is 12.6. The Balaban J connectivity index is 1.67. The van der Waals surface area contributed by atoms with Crippen LogP contribution in [0.3, 0.4) is 0 Å². The number of carbonyl (C=O) groups is 1. The second kappa shape index (κ2) is 8.21. The van der Waals surface area contributed by atoms with Crippen LogP contribution in [0, 0.1) is 0 Å². The maximum atomic E-state index is 12.6. The summed E-state index contributed by atoms with van der Waals surface area (Å²) in [6.07, 6.45) is 3.50. The number of ether oxygens (including phenoxy) is 1. The van der Waals surface area contributed by atoms with E-state index in [1.807, 2.05) is 30.3 Å². The second-order valence-electron chi connectivity index (χ2n) is 7.05. The summed E-state index contributed by atoms with van der Waals surface area (Å²) in [5.74, 6) is 1.80. The fourth-order valence-electron chi connectivity index (χ4n) is 3.11. The first kappa shape index (κ1) is 18.2. The Morgan fingerprint density at radius 2 is 1.92 bits per heavy atom. The van der Waals surface area contributed by atoms with E-state index in [2.05, 4.69) is 35.1 Å². The summed E-state index contributed by atoms with van der Waals surface area (Å²) in [7, 11) is 0. The van der Waals surface area contributed by atoms with Crippen LogP contribution in [0.4, 0.5) is 11.5 Å². The number of nitrogens with zero attached hydrogens (tertiary/aromatic N) is 2. The number of benzene rings is 1. The molecule has 1 aliphatic rings. The number of rotatable bonds is 6. The van der Waals surface area contributed by atoms with E-state index < -0.39 is 6.10 Å². The molecule has 1 aromatic carbocycles. The predicted molar refractivity (Wildman–Crippen MR) is 105 cm³/mol. The minimum atomic E-state index is -0.593. The molecule has 0 bridgehead atoms. The molecule has 1 aromatic heterocycles. The van der Waals surface area contributed by atoms with Crippen LogP contribution in [-0.2, 0) is 4.79 Å². The lowest BCUT2D eigenvalue weighted by Crippen LogP contribution is -2.31. The fourth-order valence-corrected chi connectivity index (χ4v) is 3.11. The Morgan fingerprint density at radius 1 is 1.15 bits per heavy atom. The van der Waals surface area contributed by atoms with Gasteiger partial charge in [-0.15, -0.1) is 0 Å². The first-order chi connectivity index (χ1) is 12.5. The highest BCUT2D eigenvalue weighted by Gasteiger charge is 2.21. The Labute approximate surface area is 155 Å². The monoisotopic (exact) mass is 353 g/mol. The van der Waals surface area contributed by atoms with Crippen molar-refractivity contribution in [2.75, 3.05) is 23.3 Å². The van der Waals surface area contributed by atoms with Gasteiger partial charge in [-0.25, -0.2) is 4.98 Å². The molecule has 5 heteroatoms. The van der Waals surface area contributed by atoms with Gasteiger partial charge in [-0.2, -0.15) is 0 Å². The van der Waals surface area contributed by atoms with Crippen molar-refractivity contribution in [1.29, 1.82) is 0 Å². The van der Waals surface area contributed by atoms with Gasteiger partial charge < -0.3 is 15.0 Å². The van der Waals surface area contributed by atoms with Gasteiger partial charge in [0.15, 0.2) is 11.9 Å². The molecule has 1 amide bonds. The van der Waals surface area contributed by atoms with E-state index in [0.717, 1.165) is 37.4 Å². The zero-order valence-electron chi connectivity index (χ0n) is 15.7. The molecule has 1 N–H and O–H groups in total. The van der Waals surface area contributed by atoms with Gasteiger partial charge in [0.05, 0.1) is 5.69 Å². The summed E-state index contributed by atoms with van der Waals surface area (Å²) in [5, 5.41) is 2.98. The van der Waals surface area contributed by atoms with Gasteiger partial charge >= 0.3 is 0 Å². The van der Waals surface area contributed by atoms with Gasteiger partial charge in [-0.1, -0.05) is 26.0 Å². The van der Waals surface area contributed by atoms with Crippen molar-refractivity contribution in [2.45, 2.75) is 45.6 Å². The van der Waals surface area contributed by atoms with Crippen LogP contribution in [0.2, 0.25) is 0 Å². The van der Waals surface area contributed by atoms with E-state index in [1.165, 1.54) is 5.56 Å². The van der Waals surface area contributed by atoms with E-state index in [-0.39, 0.29) is 5.91 Å². The first-order valence-corrected chi connectivity index (χ1v) is 9.32. The highest BCUT2D eigenvalue weighted by molar-refractivity contribution is 5.96. The average molecular weight is 353 g/mol. The normalized spacial score (nSPS) is 15.2. The molecular weight excluding hydrogens is 326 g/mol. The molecule has 0 spiro atoms. The molecule has 1 fully saturated rings. The Bertz CT molecular complexity index is 754. The van der Waals surface area contributed by atoms with Gasteiger partial charge in [0, 0.05) is 19.3 Å². The fraction of sp³-hybridized carbons (Fsp3) is 0.429. The SMILES string of the molecule is CC(Oc1cccc(C(C)C)c1)C(=O)Nc1cccnc1N1CCCC1. The number of nitrogens with one attached hydrogen (secondary N) is 1. The molecule has 0 radical (unpaired) electrons. The average Bonchev–Trinajstić information content (AvgIpc) is 3.16. The van der Waals surface area contributed by atoms with Crippen LogP contribution >= 0.6 is 0 Å². The highest BCUT2D eigenvalue weighted by atomic mass is 16.5. The van der Waals surface area contributed by atoms with E-state index in [4.69, 9.17) is 4.74 Å². The summed E-state index contributed by atoms with van der Waals surface area (Å²) in [6, 6.07) is 11.6. The summed E-state index contributed by atoms with van der Waals surface area (Å²) in [4.78, 5) is 19.3. The number of carbonyl (C=O) groups excluding carboxylic acids is 1. The van der Waals surface area contributed by atoms with Crippen molar-refractivity contribution >= 4 is 17.4 Å². The molecule has 1 saturated heterocycles. The van der Waals surface area contributed by atoms with Crippen molar-refractivity contribution in [2.24, 2.45) is 0 Å². The topological polar surface area (TPSA) is 54.5 Å². The Kier molecular flexibility index (Phi) is 5.76. The lowest BCUT2D eigenvalue weighted by molar-refractivity contribution is -0.122. The van der Waals surface area contributed by atoms with Crippen LogP contribution in [0.5, 0.6) is 5.75 Å². The molecule has 26 heavy (non-hydrogen) atoms. The first-order valence-electron chi connectivity index (χ1n) is 9.32. The minimum Gasteiger partial charge on any atom is -0.481 e. The summed E-state index contributed by atoms with van der Waals surface area (Å²) >= 11 is 0. The standard InChI is InChI=1S/C21H27N3O2/c1-15(2)17-8-6-9-18(14-17)26-16(3)21(25)23-19-10-7-11-22-20(19)24-12-4-5-13-24/h6-11,14-16H,4-5,12-13H2,1-3H3,(H,23,25). The molecule has 1 aliphatic heterocycles. The largest absolute Gasteiger partial charge is 0.481 e. The van der Waals surface area contributed by atoms with Crippen LogP contribution in [0.15, 0.2) is 42.6 Å². The lowest BCUT2D eigenvalue weighted by atomic mass is 10.0. The third kappa shape index (κ3) is 4.34. The molecule has 0 aliphatic carbocycles. The third-order valence-electron chi connectivity index (χ3n) is 4.66. The molecule has 3 rings (SSSR count). The molecule has 138 valence electrons. The van der Waals surface area contributed by atoms with E-state index in [0.29, 0.717) is 11.7 Å². The maximum Gasteiger partial charge on any atom is 0.265 e. The molecular formula is C21H27N3O2. The molecule has 5 nitrogen and oxygen atoms in total. The van der Waals surface area contributed by atoms with Crippen molar-refractivity contribution in [3.63, 3.8) is 0 Å². The number of pyridine rings is 1. The second-order valence-corrected chi connectivity index (χ2v) is 7.05. The Morgan fingerprint density at radius 3 is 2.65 bits per heavy atom. The van der Waals surface area contributed by atoms with Crippen molar-refractivity contribution < 1.29 is 9.53 Å². The quantitative estimate of drug-likeness (QED) is 0.845. The van der Waals surface area contributed by atoms with Crippen molar-refractivity contribution in [3.8, 4) is 5.75 Å². The zero-order valence-corrected chi connectivity index (χ0v) is 15.7. The highest BCUT2D eigenvalue weighted by Crippen LogP contribution is 2.26. The van der Waals surface area contributed by atoms with Crippen LogP contribution < -0.4 is 15.0 Å². The molecule has 2 aromatic rings. The number of aromatic nitrogens is 1. The lowest BCUT2D eigenvalue weighted by Gasteiger charge is -2.21. The van der Waals surface area contributed by atoms with Gasteiger partial charge in [0.2, 0.25) is 0 Å². The number of hydrogen-bond acceptors (Lipinski definition) is 4. The van der Waals surface area contributed by atoms with E-state index in [1.54, 1.807) is 13.1 Å². The molecule has 1 atom stereocenters. The van der Waals surface area contributed by atoms with Crippen molar-refractivity contribution in [3.05, 3.63) is 48.2 Å². The van der Waals surface area contributed by atoms with Gasteiger partial charge in [0.25, 0.3) is 5.91 Å². The van der Waals surface area contributed by atoms with E-state index >= 15 is 0 Å². The van der Waals surface area contributed by atoms with Gasteiger partial charge in [0.1, 0.15) is 5.75 Å². The third-order valence-corrected chi connectivity index (χ3v) is 4.66.